The number of nitrogen functional groups attached to an aromatic ring is 1. The van der Waals surface area contributed by atoms with Gasteiger partial charge in [-0.2, -0.15) is 5.10 Å². The molecule has 0 amide bonds. The third-order valence-electron chi connectivity index (χ3n) is 3.29. The number of benzene rings is 1. The minimum absolute atomic E-state index is 0.261. The largest absolute Gasteiger partial charge is 0.382 e. The van der Waals surface area contributed by atoms with E-state index in [9.17, 15) is 4.39 Å². The van der Waals surface area contributed by atoms with Crippen molar-refractivity contribution in [1.82, 2.24) is 9.78 Å². The van der Waals surface area contributed by atoms with Gasteiger partial charge in [0.2, 0.25) is 0 Å². The first-order valence-electron chi connectivity index (χ1n) is 5.88. The van der Waals surface area contributed by atoms with Gasteiger partial charge >= 0.3 is 0 Å². The maximum atomic E-state index is 13.8. The summed E-state index contributed by atoms with van der Waals surface area (Å²) in [4.78, 5) is 0. The average Bonchev–Trinajstić information content (AvgIpc) is 2.68. The van der Waals surface area contributed by atoms with Crippen LogP contribution in [0.15, 0.2) is 24.3 Å². The van der Waals surface area contributed by atoms with Gasteiger partial charge in [0.1, 0.15) is 17.3 Å². The van der Waals surface area contributed by atoms with Crippen LogP contribution < -0.4 is 5.73 Å². The number of hydrogen-bond acceptors (Lipinski definition) is 2. The molecule has 0 unspecified atom stereocenters. The van der Waals surface area contributed by atoms with Crippen molar-refractivity contribution < 1.29 is 4.39 Å². The summed E-state index contributed by atoms with van der Waals surface area (Å²) < 4.78 is 15.4. The highest BCUT2D eigenvalue weighted by molar-refractivity contribution is 5.48. The third-order valence-corrected chi connectivity index (χ3v) is 3.29. The lowest BCUT2D eigenvalue weighted by molar-refractivity contribution is 0.597. The van der Waals surface area contributed by atoms with Gasteiger partial charge in [0.25, 0.3) is 0 Å². The number of hydrogen-bond donors (Lipinski definition) is 1. The van der Waals surface area contributed by atoms with Crippen LogP contribution in [0.5, 0.6) is 0 Å². The van der Waals surface area contributed by atoms with E-state index in [1.54, 1.807) is 16.8 Å². The summed E-state index contributed by atoms with van der Waals surface area (Å²) in [6.07, 6.45) is 4.14. The molecule has 17 heavy (non-hydrogen) atoms. The van der Waals surface area contributed by atoms with Crippen molar-refractivity contribution in [3.05, 3.63) is 41.3 Å². The molecular formula is C13H14FN3. The first-order chi connectivity index (χ1) is 8.27. The van der Waals surface area contributed by atoms with Crippen LogP contribution >= 0.6 is 0 Å². The van der Waals surface area contributed by atoms with Crippen molar-refractivity contribution in [2.45, 2.75) is 25.7 Å². The molecule has 1 aromatic carbocycles. The van der Waals surface area contributed by atoms with Crippen LogP contribution in [-0.4, -0.2) is 9.78 Å². The summed E-state index contributed by atoms with van der Waals surface area (Å²) in [6, 6.07) is 6.67. The summed E-state index contributed by atoms with van der Waals surface area (Å²) >= 11 is 0. The van der Waals surface area contributed by atoms with E-state index in [0.29, 0.717) is 11.5 Å². The number of aromatic nitrogens is 2. The third kappa shape index (κ3) is 1.60. The topological polar surface area (TPSA) is 43.8 Å². The standard InChI is InChI=1S/C13H14FN3/c14-10-6-2-4-8-12(10)17-11-7-3-1-5-9(11)13(15)16-17/h2,4,6,8H,1,3,5,7H2,(H2,15,16). The molecule has 0 aliphatic heterocycles. The number of fused-ring (bicyclic) bond motifs is 1. The smallest absolute Gasteiger partial charge is 0.149 e. The van der Waals surface area contributed by atoms with Crippen molar-refractivity contribution >= 4 is 5.82 Å². The van der Waals surface area contributed by atoms with Gasteiger partial charge in [0.05, 0.1) is 0 Å². The lowest BCUT2D eigenvalue weighted by atomic mass is 9.97. The predicted octanol–water partition coefficient (Wildman–Crippen LogP) is 2.47. The second-order valence-electron chi connectivity index (χ2n) is 4.38. The molecule has 1 aromatic heterocycles. The molecule has 0 saturated heterocycles. The fourth-order valence-corrected chi connectivity index (χ4v) is 2.45. The lowest BCUT2D eigenvalue weighted by Crippen LogP contribution is -2.09. The van der Waals surface area contributed by atoms with E-state index in [2.05, 4.69) is 5.10 Å². The number of para-hydroxylation sites is 1. The van der Waals surface area contributed by atoms with Gasteiger partial charge in [-0.05, 0) is 37.8 Å². The summed E-state index contributed by atoms with van der Waals surface area (Å²) in [6.45, 7) is 0. The molecule has 0 bridgehead atoms. The highest BCUT2D eigenvalue weighted by Gasteiger charge is 2.21. The number of nitrogens with zero attached hydrogens (tertiary/aromatic N) is 2. The Morgan fingerprint density at radius 1 is 1.18 bits per heavy atom. The maximum Gasteiger partial charge on any atom is 0.149 e. The molecule has 4 heteroatoms. The highest BCUT2D eigenvalue weighted by Crippen LogP contribution is 2.28. The maximum absolute atomic E-state index is 13.8. The Labute approximate surface area is 99.1 Å². The molecule has 0 radical (unpaired) electrons. The van der Waals surface area contributed by atoms with Gasteiger partial charge in [-0.25, -0.2) is 9.07 Å². The fourth-order valence-electron chi connectivity index (χ4n) is 2.45. The quantitative estimate of drug-likeness (QED) is 0.819. The summed E-state index contributed by atoms with van der Waals surface area (Å²) in [7, 11) is 0. The molecule has 3 rings (SSSR count). The summed E-state index contributed by atoms with van der Waals surface area (Å²) in [5, 5.41) is 4.28. The summed E-state index contributed by atoms with van der Waals surface area (Å²) in [5.41, 5.74) is 8.55. The van der Waals surface area contributed by atoms with Gasteiger partial charge in [-0.15, -0.1) is 0 Å². The van der Waals surface area contributed by atoms with Crippen molar-refractivity contribution in [2.24, 2.45) is 0 Å². The molecule has 1 heterocycles. The number of halogens is 1. The van der Waals surface area contributed by atoms with Crippen LogP contribution in [0.2, 0.25) is 0 Å². The Kier molecular flexibility index (Phi) is 2.35. The van der Waals surface area contributed by atoms with E-state index in [1.807, 2.05) is 6.07 Å². The van der Waals surface area contributed by atoms with Gasteiger partial charge in [0.15, 0.2) is 0 Å². The average molecular weight is 231 g/mol. The Hall–Kier alpha value is -1.84. The SMILES string of the molecule is Nc1nn(-c2ccccc2F)c2c1CCCC2. The molecule has 0 saturated carbocycles. The van der Waals surface area contributed by atoms with Crippen LogP contribution in [0.4, 0.5) is 10.2 Å². The number of rotatable bonds is 1. The Morgan fingerprint density at radius 2 is 1.94 bits per heavy atom. The molecule has 0 fully saturated rings. The van der Waals surface area contributed by atoms with Crippen LogP contribution in [-0.2, 0) is 12.8 Å². The predicted molar refractivity (Wildman–Crippen MR) is 64.6 cm³/mol. The Balaban J connectivity index is 2.19. The van der Waals surface area contributed by atoms with Crippen LogP contribution in [0.25, 0.3) is 5.69 Å². The second kappa shape index (κ2) is 3.87. The molecule has 2 N–H and O–H groups in total. The molecule has 0 atom stereocenters. The minimum atomic E-state index is -0.261. The zero-order valence-electron chi connectivity index (χ0n) is 9.49. The molecule has 1 aliphatic rings. The van der Waals surface area contributed by atoms with Gasteiger partial charge in [-0.3, -0.25) is 0 Å². The summed E-state index contributed by atoms with van der Waals surface area (Å²) in [5.74, 6) is 0.284. The van der Waals surface area contributed by atoms with E-state index < -0.39 is 0 Å². The molecule has 88 valence electrons. The molecule has 0 spiro atoms. The minimum Gasteiger partial charge on any atom is -0.382 e. The van der Waals surface area contributed by atoms with E-state index in [4.69, 9.17) is 5.73 Å². The zero-order chi connectivity index (χ0) is 11.8. The molecule has 1 aliphatic carbocycles. The van der Waals surface area contributed by atoms with Crippen LogP contribution in [0.1, 0.15) is 24.1 Å². The van der Waals surface area contributed by atoms with Crippen molar-refractivity contribution in [3.8, 4) is 5.69 Å². The number of anilines is 1. The molecule has 3 nitrogen and oxygen atoms in total. The highest BCUT2D eigenvalue weighted by atomic mass is 19.1. The van der Waals surface area contributed by atoms with Gasteiger partial charge < -0.3 is 5.73 Å². The first kappa shape index (κ1) is 10.3. The van der Waals surface area contributed by atoms with Crippen LogP contribution in [0, 0.1) is 5.82 Å². The van der Waals surface area contributed by atoms with E-state index in [-0.39, 0.29) is 5.82 Å². The van der Waals surface area contributed by atoms with E-state index >= 15 is 0 Å². The Morgan fingerprint density at radius 3 is 2.76 bits per heavy atom. The van der Waals surface area contributed by atoms with E-state index in [0.717, 1.165) is 36.9 Å². The second-order valence-corrected chi connectivity index (χ2v) is 4.38. The first-order valence-corrected chi connectivity index (χ1v) is 5.88. The fraction of sp³-hybridized carbons (Fsp3) is 0.308. The van der Waals surface area contributed by atoms with Crippen molar-refractivity contribution in [1.29, 1.82) is 0 Å². The zero-order valence-corrected chi connectivity index (χ0v) is 9.49. The lowest BCUT2D eigenvalue weighted by Gasteiger charge is -2.14. The van der Waals surface area contributed by atoms with Crippen molar-refractivity contribution in [2.75, 3.05) is 5.73 Å². The van der Waals surface area contributed by atoms with Gasteiger partial charge in [-0.1, -0.05) is 12.1 Å². The van der Waals surface area contributed by atoms with E-state index in [1.165, 1.54) is 6.07 Å². The van der Waals surface area contributed by atoms with Crippen molar-refractivity contribution in [3.63, 3.8) is 0 Å². The van der Waals surface area contributed by atoms with Crippen LogP contribution in [0.3, 0.4) is 0 Å². The van der Waals surface area contributed by atoms with Gasteiger partial charge in [0, 0.05) is 11.3 Å². The molecule has 2 aromatic rings. The Bertz CT molecular complexity index is 560. The molecular weight excluding hydrogens is 217 g/mol. The normalized spacial score (nSPS) is 14.6. The monoisotopic (exact) mass is 231 g/mol. The number of nitrogens with two attached hydrogens (primary N) is 1.